The molecule has 0 saturated heterocycles. The van der Waals surface area contributed by atoms with Crippen LogP contribution in [-0.2, 0) is 9.59 Å². The number of rotatable bonds is 8. The van der Waals surface area contributed by atoms with Gasteiger partial charge >= 0.3 is 0 Å². The van der Waals surface area contributed by atoms with Crippen LogP contribution in [0.3, 0.4) is 0 Å². The Hall–Kier alpha value is -2.53. The monoisotopic (exact) mass is 374 g/mol. The van der Waals surface area contributed by atoms with Crippen LogP contribution in [0.1, 0.15) is 33.1 Å². The van der Waals surface area contributed by atoms with Crippen molar-refractivity contribution < 1.29 is 14.3 Å². The van der Waals surface area contributed by atoms with Gasteiger partial charge < -0.3 is 15.4 Å². The lowest BCUT2D eigenvalue weighted by Crippen LogP contribution is -2.32. The highest BCUT2D eigenvalue weighted by atomic mass is 35.5. The number of nitrogens with one attached hydrogen (secondary N) is 2. The van der Waals surface area contributed by atoms with Crippen molar-refractivity contribution in [2.75, 3.05) is 10.6 Å². The van der Waals surface area contributed by atoms with E-state index in [0.29, 0.717) is 35.0 Å². The number of hydrogen-bond acceptors (Lipinski definition) is 3. The fourth-order valence-electron chi connectivity index (χ4n) is 2.35. The third-order valence-electron chi connectivity index (χ3n) is 3.67. The summed E-state index contributed by atoms with van der Waals surface area (Å²) in [4.78, 5) is 24.3. The quantitative estimate of drug-likeness (QED) is 0.692. The number of anilines is 2. The SMILES string of the molecule is CCCC(=O)Nc1ccc(Cl)c(NC(=O)C(CC)Oc2ccccc2)c1. The van der Waals surface area contributed by atoms with Gasteiger partial charge in [-0.2, -0.15) is 0 Å². The van der Waals surface area contributed by atoms with Gasteiger partial charge in [0.05, 0.1) is 10.7 Å². The standard InChI is InChI=1S/C20H23ClN2O3/c1-3-8-19(24)22-14-11-12-16(21)17(13-14)23-20(25)18(4-2)26-15-9-6-5-7-10-15/h5-7,9-13,18H,3-4,8H2,1-2H3,(H,22,24)(H,23,25). The van der Waals surface area contributed by atoms with E-state index < -0.39 is 6.10 Å². The molecule has 1 atom stereocenters. The summed E-state index contributed by atoms with van der Waals surface area (Å²) in [6.45, 7) is 3.81. The summed E-state index contributed by atoms with van der Waals surface area (Å²) < 4.78 is 5.74. The van der Waals surface area contributed by atoms with Crippen molar-refractivity contribution in [1.82, 2.24) is 0 Å². The van der Waals surface area contributed by atoms with Gasteiger partial charge in [-0.3, -0.25) is 9.59 Å². The van der Waals surface area contributed by atoms with E-state index in [2.05, 4.69) is 10.6 Å². The van der Waals surface area contributed by atoms with Crippen LogP contribution in [0.4, 0.5) is 11.4 Å². The summed E-state index contributed by atoms with van der Waals surface area (Å²) in [5.41, 5.74) is 1.02. The summed E-state index contributed by atoms with van der Waals surface area (Å²) in [7, 11) is 0. The normalized spacial score (nSPS) is 11.5. The van der Waals surface area contributed by atoms with E-state index in [1.807, 2.05) is 32.0 Å². The zero-order chi connectivity index (χ0) is 18.9. The number of amides is 2. The summed E-state index contributed by atoms with van der Waals surface area (Å²) in [5, 5.41) is 5.96. The van der Waals surface area contributed by atoms with Crippen molar-refractivity contribution in [2.24, 2.45) is 0 Å². The first-order valence-electron chi connectivity index (χ1n) is 8.65. The molecular weight excluding hydrogens is 352 g/mol. The molecular formula is C20H23ClN2O3. The molecule has 0 fully saturated rings. The van der Waals surface area contributed by atoms with Gasteiger partial charge in [0, 0.05) is 12.1 Å². The Morgan fingerprint density at radius 3 is 2.46 bits per heavy atom. The molecule has 5 nitrogen and oxygen atoms in total. The van der Waals surface area contributed by atoms with Crippen LogP contribution in [0.2, 0.25) is 5.02 Å². The minimum absolute atomic E-state index is 0.0778. The minimum Gasteiger partial charge on any atom is -0.481 e. The molecule has 0 spiro atoms. The molecule has 0 aliphatic heterocycles. The smallest absolute Gasteiger partial charge is 0.265 e. The third-order valence-corrected chi connectivity index (χ3v) is 4.00. The van der Waals surface area contributed by atoms with Gasteiger partial charge in [-0.1, -0.05) is 43.6 Å². The second-order valence-corrected chi connectivity index (χ2v) is 6.22. The maximum atomic E-state index is 12.6. The Bertz CT molecular complexity index is 750. The van der Waals surface area contributed by atoms with Crippen LogP contribution in [-0.4, -0.2) is 17.9 Å². The van der Waals surface area contributed by atoms with Crippen molar-refractivity contribution in [1.29, 1.82) is 0 Å². The van der Waals surface area contributed by atoms with Crippen LogP contribution in [0.15, 0.2) is 48.5 Å². The molecule has 2 amide bonds. The van der Waals surface area contributed by atoms with Gasteiger partial charge in [0.1, 0.15) is 5.75 Å². The molecule has 0 aliphatic rings. The summed E-state index contributed by atoms with van der Waals surface area (Å²) in [6, 6.07) is 14.1. The Labute approximate surface area is 158 Å². The van der Waals surface area contributed by atoms with Gasteiger partial charge in [0.2, 0.25) is 5.91 Å². The highest BCUT2D eigenvalue weighted by molar-refractivity contribution is 6.34. The lowest BCUT2D eigenvalue weighted by molar-refractivity contribution is -0.122. The molecule has 0 radical (unpaired) electrons. The molecule has 1 unspecified atom stereocenters. The van der Waals surface area contributed by atoms with Crippen LogP contribution in [0.25, 0.3) is 0 Å². The molecule has 2 N–H and O–H groups in total. The highest BCUT2D eigenvalue weighted by Gasteiger charge is 2.19. The van der Waals surface area contributed by atoms with Gasteiger partial charge in [-0.15, -0.1) is 0 Å². The van der Waals surface area contributed by atoms with Crippen LogP contribution < -0.4 is 15.4 Å². The first-order valence-corrected chi connectivity index (χ1v) is 9.03. The number of benzene rings is 2. The van der Waals surface area contributed by atoms with Crippen molar-refractivity contribution in [3.8, 4) is 5.75 Å². The largest absolute Gasteiger partial charge is 0.481 e. The van der Waals surface area contributed by atoms with E-state index in [9.17, 15) is 9.59 Å². The van der Waals surface area contributed by atoms with Crippen LogP contribution >= 0.6 is 11.6 Å². The van der Waals surface area contributed by atoms with E-state index in [1.54, 1.807) is 30.3 Å². The number of hydrogen-bond donors (Lipinski definition) is 2. The topological polar surface area (TPSA) is 67.4 Å². The molecule has 0 bridgehead atoms. The summed E-state index contributed by atoms with van der Waals surface area (Å²) in [5.74, 6) is 0.252. The van der Waals surface area contributed by atoms with Crippen molar-refractivity contribution in [3.63, 3.8) is 0 Å². The molecule has 2 aromatic rings. The number of ether oxygens (including phenoxy) is 1. The second kappa shape index (κ2) is 9.82. The molecule has 6 heteroatoms. The van der Waals surface area contributed by atoms with Crippen molar-refractivity contribution >= 4 is 34.8 Å². The number of para-hydroxylation sites is 1. The van der Waals surface area contributed by atoms with E-state index in [4.69, 9.17) is 16.3 Å². The maximum absolute atomic E-state index is 12.6. The molecule has 0 saturated carbocycles. The second-order valence-electron chi connectivity index (χ2n) is 5.81. The number of halogens is 1. The lowest BCUT2D eigenvalue weighted by Gasteiger charge is -2.18. The highest BCUT2D eigenvalue weighted by Crippen LogP contribution is 2.26. The van der Waals surface area contributed by atoms with Gasteiger partial charge in [-0.25, -0.2) is 0 Å². The average Bonchev–Trinajstić information content (AvgIpc) is 2.63. The minimum atomic E-state index is -0.646. The zero-order valence-corrected chi connectivity index (χ0v) is 15.7. The first-order chi connectivity index (χ1) is 12.5. The Balaban J connectivity index is 2.07. The molecule has 0 heterocycles. The number of carbonyl (C=O) groups excluding carboxylic acids is 2. The summed E-state index contributed by atoms with van der Waals surface area (Å²) >= 11 is 6.18. The van der Waals surface area contributed by atoms with Crippen molar-refractivity contribution in [3.05, 3.63) is 53.6 Å². The lowest BCUT2D eigenvalue weighted by atomic mass is 10.2. The molecule has 26 heavy (non-hydrogen) atoms. The van der Waals surface area contributed by atoms with Crippen LogP contribution in [0, 0.1) is 0 Å². The Kier molecular flexibility index (Phi) is 7.48. The van der Waals surface area contributed by atoms with E-state index in [0.717, 1.165) is 6.42 Å². The maximum Gasteiger partial charge on any atom is 0.265 e. The van der Waals surface area contributed by atoms with Gasteiger partial charge in [-0.05, 0) is 43.2 Å². The average molecular weight is 375 g/mol. The first kappa shape index (κ1) is 19.8. The fourth-order valence-corrected chi connectivity index (χ4v) is 2.51. The zero-order valence-electron chi connectivity index (χ0n) is 14.9. The van der Waals surface area contributed by atoms with Crippen LogP contribution in [0.5, 0.6) is 5.75 Å². The number of carbonyl (C=O) groups is 2. The Morgan fingerprint density at radius 1 is 1.08 bits per heavy atom. The molecule has 2 rings (SSSR count). The molecule has 0 aromatic heterocycles. The molecule has 2 aromatic carbocycles. The van der Waals surface area contributed by atoms with E-state index >= 15 is 0 Å². The van der Waals surface area contributed by atoms with Gasteiger partial charge in [0.25, 0.3) is 5.91 Å². The molecule has 0 aliphatic carbocycles. The van der Waals surface area contributed by atoms with E-state index in [1.165, 1.54) is 0 Å². The third kappa shape index (κ3) is 5.77. The predicted molar refractivity (Wildman–Crippen MR) is 105 cm³/mol. The van der Waals surface area contributed by atoms with Crippen molar-refractivity contribution in [2.45, 2.75) is 39.2 Å². The predicted octanol–water partition coefficient (Wildman–Crippen LogP) is 4.87. The fraction of sp³-hybridized carbons (Fsp3) is 0.300. The summed E-state index contributed by atoms with van der Waals surface area (Å²) in [6.07, 6.45) is 1.06. The molecule has 138 valence electrons. The Morgan fingerprint density at radius 2 is 1.81 bits per heavy atom. The van der Waals surface area contributed by atoms with E-state index in [-0.39, 0.29) is 11.8 Å². The van der Waals surface area contributed by atoms with Gasteiger partial charge in [0.15, 0.2) is 6.10 Å².